The lowest BCUT2D eigenvalue weighted by atomic mass is 10.2. The summed E-state index contributed by atoms with van der Waals surface area (Å²) in [5.74, 6) is -0.577. The molecular formula is C12H18N2O5. The van der Waals surface area contributed by atoms with Crippen LogP contribution in [0.1, 0.15) is 19.3 Å². The quantitative estimate of drug-likeness (QED) is 0.645. The Bertz CT molecular complexity index is 368. The molecule has 0 spiro atoms. The average molecular weight is 270 g/mol. The van der Waals surface area contributed by atoms with E-state index in [0.717, 1.165) is 4.90 Å². The van der Waals surface area contributed by atoms with Crippen LogP contribution in [0, 0.1) is 0 Å². The van der Waals surface area contributed by atoms with Crippen molar-refractivity contribution in [3.05, 3.63) is 0 Å². The molecule has 0 aliphatic carbocycles. The fourth-order valence-electron chi connectivity index (χ4n) is 2.36. The number of carbonyl (C=O) groups is 3. The van der Waals surface area contributed by atoms with E-state index in [0.29, 0.717) is 19.8 Å². The van der Waals surface area contributed by atoms with Crippen LogP contribution in [-0.2, 0) is 19.1 Å². The number of morpholine rings is 1. The molecule has 1 atom stereocenters. The van der Waals surface area contributed by atoms with Crippen molar-refractivity contribution in [2.75, 3.05) is 32.9 Å². The third-order valence-electron chi connectivity index (χ3n) is 3.46. The summed E-state index contributed by atoms with van der Waals surface area (Å²) in [5.41, 5.74) is 0. The fourth-order valence-corrected chi connectivity index (χ4v) is 2.36. The number of likely N-dealkylation sites (tertiary alicyclic amines) is 1. The molecule has 0 aromatic rings. The van der Waals surface area contributed by atoms with Crippen molar-refractivity contribution in [1.29, 1.82) is 0 Å². The summed E-state index contributed by atoms with van der Waals surface area (Å²) < 4.78 is 5.19. The maximum absolute atomic E-state index is 12.0. The first-order chi connectivity index (χ1) is 9.13. The van der Waals surface area contributed by atoms with Gasteiger partial charge >= 0.3 is 0 Å². The molecule has 19 heavy (non-hydrogen) atoms. The maximum Gasteiger partial charge on any atom is 0.229 e. The summed E-state index contributed by atoms with van der Waals surface area (Å²) >= 11 is 0. The molecule has 0 radical (unpaired) electrons. The molecule has 3 amide bonds. The molecule has 2 aliphatic heterocycles. The average Bonchev–Trinajstić information content (AvgIpc) is 2.75. The molecule has 106 valence electrons. The van der Waals surface area contributed by atoms with Gasteiger partial charge in [0.2, 0.25) is 17.7 Å². The summed E-state index contributed by atoms with van der Waals surface area (Å²) in [7, 11) is 0. The SMILES string of the molecule is O=C1CCC(=O)N1CCC(=O)N1CCOCC1CO. The molecule has 2 aliphatic rings. The Morgan fingerprint density at radius 1 is 1.32 bits per heavy atom. The third-order valence-corrected chi connectivity index (χ3v) is 3.46. The van der Waals surface area contributed by atoms with Gasteiger partial charge in [0.1, 0.15) is 0 Å². The van der Waals surface area contributed by atoms with E-state index >= 15 is 0 Å². The van der Waals surface area contributed by atoms with Crippen LogP contribution < -0.4 is 0 Å². The van der Waals surface area contributed by atoms with Crippen LogP contribution in [0.3, 0.4) is 0 Å². The molecule has 2 rings (SSSR count). The molecular weight excluding hydrogens is 252 g/mol. The van der Waals surface area contributed by atoms with Gasteiger partial charge in [0.05, 0.1) is 25.9 Å². The number of amides is 3. The van der Waals surface area contributed by atoms with Gasteiger partial charge in [-0.1, -0.05) is 0 Å². The van der Waals surface area contributed by atoms with Gasteiger partial charge in [-0.3, -0.25) is 19.3 Å². The van der Waals surface area contributed by atoms with Crippen molar-refractivity contribution in [1.82, 2.24) is 9.80 Å². The van der Waals surface area contributed by atoms with Crippen LogP contribution in [-0.4, -0.2) is 71.6 Å². The van der Waals surface area contributed by atoms with E-state index in [1.165, 1.54) is 0 Å². The van der Waals surface area contributed by atoms with E-state index in [9.17, 15) is 19.5 Å². The zero-order valence-electron chi connectivity index (χ0n) is 10.7. The number of nitrogens with zero attached hydrogens (tertiary/aromatic N) is 2. The number of ether oxygens (including phenoxy) is 1. The van der Waals surface area contributed by atoms with Gasteiger partial charge < -0.3 is 14.7 Å². The highest BCUT2D eigenvalue weighted by Crippen LogP contribution is 2.14. The summed E-state index contributed by atoms with van der Waals surface area (Å²) in [6.45, 7) is 1.19. The highest BCUT2D eigenvalue weighted by atomic mass is 16.5. The molecule has 2 fully saturated rings. The Labute approximate surface area is 111 Å². The third kappa shape index (κ3) is 3.10. The van der Waals surface area contributed by atoms with E-state index < -0.39 is 0 Å². The smallest absolute Gasteiger partial charge is 0.229 e. The minimum atomic E-state index is -0.328. The van der Waals surface area contributed by atoms with E-state index in [2.05, 4.69) is 0 Å². The fraction of sp³-hybridized carbons (Fsp3) is 0.750. The molecule has 1 N–H and O–H groups in total. The van der Waals surface area contributed by atoms with Gasteiger partial charge in [-0.2, -0.15) is 0 Å². The van der Waals surface area contributed by atoms with E-state index in [4.69, 9.17) is 4.74 Å². The first-order valence-electron chi connectivity index (χ1n) is 6.44. The minimum absolute atomic E-state index is 0.105. The van der Waals surface area contributed by atoms with Crippen LogP contribution in [0.5, 0.6) is 0 Å². The number of aliphatic hydroxyl groups excluding tert-OH is 1. The standard InChI is InChI=1S/C12H18N2O5/c15-7-9-8-19-6-5-13(9)12(18)3-4-14-10(16)1-2-11(14)17/h9,15H,1-8H2. The van der Waals surface area contributed by atoms with Crippen molar-refractivity contribution in [3.8, 4) is 0 Å². The second-order valence-corrected chi connectivity index (χ2v) is 4.69. The van der Waals surface area contributed by atoms with Crippen molar-refractivity contribution in [2.24, 2.45) is 0 Å². The van der Waals surface area contributed by atoms with E-state index in [1.807, 2.05) is 0 Å². The molecule has 0 aromatic carbocycles. The van der Waals surface area contributed by atoms with Crippen LogP contribution in [0.25, 0.3) is 0 Å². The molecule has 1 unspecified atom stereocenters. The number of hydrogen-bond acceptors (Lipinski definition) is 5. The topological polar surface area (TPSA) is 87.2 Å². The molecule has 0 aromatic heterocycles. The summed E-state index contributed by atoms with van der Waals surface area (Å²) in [5, 5.41) is 9.18. The molecule has 7 nitrogen and oxygen atoms in total. The Morgan fingerprint density at radius 3 is 2.63 bits per heavy atom. The Morgan fingerprint density at radius 2 is 2.00 bits per heavy atom. The lowest BCUT2D eigenvalue weighted by Gasteiger charge is -2.34. The normalized spacial score (nSPS) is 24.2. The van der Waals surface area contributed by atoms with E-state index in [1.54, 1.807) is 4.90 Å². The monoisotopic (exact) mass is 270 g/mol. The van der Waals surface area contributed by atoms with Crippen LogP contribution in [0.4, 0.5) is 0 Å². The molecule has 7 heteroatoms. The van der Waals surface area contributed by atoms with Gasteiger partial charge in [-0.15, -0.1) is 0 Å². The van der Waals surface area contributed by atoms with E-state index in [-0.39, 0.29) is 56.2 Å². The zero-order valence-corrected chi connectivity index (χ0v) is 10.7. The second-order valence-electron chi connectivity index (χ2n) is 4.69. The minimum Gasteiger partial charge on any atom is -0.394 e. The zero-order chi connectivity index (χ0) is 13.8. The number of rotatable bonds is 4. The summed E-state index contributed by atoms with van der Waals surface area (Å²) in [6.07, 6.45) is 0.585. The molecule has 0 saturated carbocycles. The van der Waals surface area contributed by atoms with Crippen LogP contribution in [0.2, 0.25) is 0 Å². The van der Waals surface area contributed by atoms with Gasteiger partial charge in [0.25, 0.3) is 0 Å². The van der Waals surface area contributed by atoms with Crippen molar-refractivity contribution >= 4 is 17.7 Å². The number of aliphatic hydroxyl groups is 1. The highest BCUT2D eigenvalue weighted by Gasteiger charge is 2.31. The largest absolute Gasteiger partial charge is 0.394 e. The Hall–Kier alpha value is -1.47. The van der Waals surface area contributed by atoms with Gasteiger partial charge in [-0.05, 0) is 0 Å². The number of carbonyl (C=O) groups excluding carboxylic acids is 3. The lowest BCUT2D eigenvalue weighted by Crippen LogP contribution is -2.51. The highest BCUT2D eigenvalue weighted by molar-refractivity contribution is 6.02. The van der Waals surface area contributed by atoms with Gasteiger partial charge in [0, 0.05) is 32.4 Å². The van der Waals surface area contributed by atoms with Crippen LogP contribution in [0.15, 0.2) is 0 Å². The first kappa shape index (κ1) is 14.0. The van der Waals surface area contributed by atoms with Gasteiger partial charge in [0.15, 0.2) is 0 Å². The predicted molar refractivity (Wildman–Crippen MR) is 64.0 cm³/mol. The Kier molecular flexibility index (Phi) is 4.49. The maximum atomic E-state index is 12.0. The van der Waals surface area contributed by atoms with Gasteiger partial charge in [-0.25, -0.2) is 0 Å². The number of hydrogen-bond donors (Lipinski definition) is 1. The lowest BCUT2D eigenvalue weighted by molar-refractivity contribution is -0.143. The molecule has 0 bridgehead atoms. The predicted octanol–water partition coefficient (Wildman–Crippen LogP) is -1.25. The Balaban J connectivity index is 1.86. The van der Waals surface area contributed by atoms with Crippen LogP contribution >= 0.6 is 0 Å². The van der Waals surface area contributed by atoms with Crippen molar-refractivity contribution in [2.45, 2.75) is 25.3 Å². The van der Waals surface area contributed by atoms with Crippen molar-refractivity contribution < 1.29 is 24.2 Å². The summed E-state index contributed by atoms with van der Waals surface area (Å²) in [4.78, 5) is 37.6. The van der Waals surface area contributed by atoms with Crippen molar-refractivity contribution in [3.63, 3.8) is 0 Å². The number of imide groups is 1. The summed E-state index contributed by atoms with van der Waals surface area (Å²) in [6, 6.07) is -0.328. The first-order valence-corrected chi connectivity index (χ1v) is 6.44. The molecule has 2 heterocycles. The molecule has 2 saturated heterocycles. The second kappa shape index (κ2) is 6.12.